The van der Waals surface area contributed by atoms with E-state index >= 15 is 0 Å². The first-order chi connectivity index (χ1) is 7.35. The zero-order valence-electron chi connectivity index (χ0n) is 9.18. The number of likely N-dealkylation sites (tertiary alicyclic amines) is 1. The minimum absolute atomic E-state index is 0.0262. The number of nitrogens with zero attached hydrogens (tertiary/aromatic N) is 2. The van der Waals surface area contributed by atoms with Crippen molar-refractivity contribution in [2.75, 3.05) is 25.4 Å². The number of hydrogen-bond acceptors (Lipinski definition) is 3. The van der Waals surface area contributed by atoms with E-state index in [4.69, 9.17) is 5.26 Å². The van der Waals surface area contributed by atoms with E-state index in [-0.39, 0.29) is 22.9 Å². The van der Waals surface area contributed by atoms with Gasteiger partial charge in [0.1, 0.15) is 0 Å². The zero-order chi connectivity index (χ0) is 12.2. The third-order valence-electron chi connectivity index (χ3n) is 2.90. The maximum Gasteiger partial charge on any atom is 0.441 e. The lowest BCUT2D eigenvalue weighted by Gasteiger charge is -2.34. The molecule has 0 aliphatic carbocycles. The van der Waals surface area contributed by atoms with Crippen molar-refractivity contribution in [3.05, 3.63) is 0 Å². The van der Waals surface area contributed by atoms with Gasteiger partial charge in [0.2, 0.25) is 0 Å². The summed E-state index contributed by atoms with van der Waals surface area (Å²) in [5, 5.41) is 8.90. The Morgan fingerprint density at radius 3 is 2.38 bits per heavy atom. The summed E-state index contributed by atoms with van der Waals surface area (Å²) in [5.41, 5.74) is -4.41. The first-order valence-electron chi connectivity index (χ1n) is 5.19. The molecule has 1 saturated heterocycles. The number of piperidine rings is 1. The van der Waals surface area contributed by atoms with Crippen molar-refractivity contribution in [1.82, 2.24) is 4.90 Å². The number of nitriles is 1. The summed E-state index contributed by atoms with van der Waals surface area (Å²) in [6.07, 6.45) is 1.50. The third kappa shape index (κ3) is 4.62. The minimum Gasteiger partial charge on any atom is -0.302 e. The van der Waals surface area contributed by atoms with Gasteiger partial charge in [0, 0.05) is 12.3 Å². The van der Waals surface area contributed by atoms with E-state index in [0.29, 0.717) is 6.54 Å². The molecule has 1 rings (SSSR count). The van der Waals surface area contributed by atoms with Gasteiger partial charge in [-0.25, -0.2) is 0 Å². The highest BCUT2D eigenvalue weighted by atomic mass is 32.2. The van der Waals surface area contributed by atoms with Crippen molar-refractivity contribution in [3.63, 3.8) is 0 Å². The highest BCUT2D eigenvalue weighted by molar-refractivity contribution is 8.00. The number of hydrogen-bond donors (Lipinski definition) is 0. The molecule has 0 radical (unpaired) electrons. The molecule has 0 aromatic carbocycles. The summed E-state index contributed by atoms with van der Waals surface area (Å²) in [5.74, 6) is 0.0762. The van der Waals surface area contributed by atoms with Gasteiger partial charge in [-0.05, 0) is 44.6 Å². The van der Waals surface area contributed by atoms with Crippen LogP contribution >= 0.6 is 11.8 Å². The fraction of sp³-hybridized carbons (Fsp3) is 0.900. The van der Waals surface area contributed by atoms with Crippen LogP contribution in [0.1, 0.15) is 19.8 Å². The lowest BCUT2D eigenvalue weighted by molar-refractivity contribution is -0.0329. The van der Waals surface area contributed by atoms with E-state index in [1.165, 1.54) is 0 Å². The number of rotatable bonds is 3. The molecule has 1 fully saturated rings. The second-order valence-electron chi connectivity index (χ2n) is 4.31. The summed E-state index contributed by atoms with van der Waals surface area (Å²) >= 11 is 0.0262. The summed E-state index contributed by atoms with van der Waals surface area (Å²) < 4.78 is 35.7. The van der Waals surface area contributed by atoms with Crippen molar-refractivity contribution >= 4 is 11.8 Å². The lowest BCUT2D eigenvalue weighted by Crippen LogP contribution is -2.39. The highest BCUT2D eigenvalue weighted by Gasteiger charge is 2.31. The Morgan fingerprint density at radius 2 is 1.94 bits per heavy atom. The smallest absolute Gasteiger partial charge is 0.302 e. The Balaban J connectivity index is 2.21. The van der Waals surface area contributed by atoms with E-state index in [2.05, 4.69) is 6.07 Å². The maximum atomic E-state index is 11.9. The van der Waals surface area contributed by atoms with Gasteiger partial charge in [-0.1, -0.05) is 0 Å². The van der Waals surface area contributed by atoms with Crippen LogP contribution in [-0.2, 0) is 0 Å². The highest BCUT2D eigenvalue weighted by Crippen LogP contribution is 2.32. The lowest BCUT2D eigenvalue weighted by atomic mass is 9.82. The van der Waals surface area contributed by atoms with Crippen LogP contribution < -0.4 is 0 Å². The van der Waals surface area contributed by atoms with Gasteiger partial charge >= 0.3 is 5.51 Å². The summed E-state index contributed by atoms with van der Waals surface area (Å²) in [6.45, 7) is 3.81. The van der Waals surface area contributed by atoms with Crippen LogP contribution in [0.5, 0.6) is 0 Å². The molecular formula is C10H15F3N2S. The predicted molar refractivity (Wildman–Crippen MR) is 57.9 cm³/mol. The molecule has 0 aromatic rings. The average molecular weight is 252 g/mol. The van der Waals surface area contributed by atoms with E-state index in [9.17, 15) is 13.2 Å². The first kappa shape index (κ1) is 13.7. The summed E-state index contributed by atoms with van der Waals surface area (Å²) in [4.78, 5) is 2.00. The molecule has 1 heterocycles. The van der Waals surface area contributed by atoms with Crippen LogP contribution in [0.15, 0.2) is 0 Å². The molecule has 0 bridgehead atoms. The van der Waals surface area contributed by atoms with Crippen LogP contribution in [0.4, 0.5) is 13.2 Å². The predicted octanol–water partition coefficient (Wildman–Crippen LogP) is 2.87. The average Bonchev–Trinajstić information content (AvgIpc) is 2.20. The van der Waals surface area contributed by atoms with Crippen LogP contribution in [0.3, 0.4) is 0 Å². The number of halogens is 3. The molecule has 0 spiro atoms. The molecule has 16 heavy (non-hydrogen) atoms. The zero-order valence-corrected chi connectivity index (χ0v) is 10.00. The Labute approximate surface area is 97.8 Å². The van der Waals surface area contributed by atoms with Gasteiger partial charge in [-0.2, -0.15) is 18.4 Å². The molecule has 6 heteroatoms. The molecule has 2 nitrogen and oxygen atoms in total. The van der Waals surface area contributed by atoms with Crippen molar-refractivity contribution in [2.45, 2.75) is 25.3 Å². The molecular weight excluding hydrogens is 237 g/mol. The Hall–Kier alpha value is -0.410. The van der Waals surface area contributed by atoms with Gasteiger partial charge in [0.05, 0.1) is 11.5 Å². The van der Waals surface area contributed by atoms with Crippen LogP contribution in [-0.4, -0.2) is 35.8 Å². The van der Waals surface area contributed by atoms with Crippen molar-refractivity contribution in [2.24, 2.45) is 5.41 Å². The number of alkyl halides is 3. The molecule has 92 valence electrons. The van der Waals surface area contributed by atoms with Gasteiger partial charge in [-0.15, -0.1) is 0 Å². The van der Waals surface area contributed by atoms with E-state index in [1.54, 1.807) is 0 Å². The normalized spacial score (nSPS) is 21.7. The Bertz CT molecular complexity index is 264. The van der Waals surface area contributed by atoms with Gasteiger partial charge in [-0.3, -0.25) is 0 Å². The van der Waals surface area contributed by atoms with E-state index in [0.717, 1.165) is 25.9 Å². The second-order valence-corrected chi connectivity index (χ2v) is 5.47. The molecule has 1 aliphatic rings. The molecule has 0 atom stereocenters. The topological polar surface area (TPSA) is 27.0 Å². The molecule has 0 saturated carbocycles. The third-order valence-corrected chi connectivity index (χ3v) is 3.62. The monoisotopic (exact) mass is 252 g/mol. The van der Waals surface area contributed by atoms with E-state index < -0.39 is 5.51 Å². The van der Waals surface area contributed by atoms with Gasteiger partial charge in [0.25, 0.3) is 0 Å². The second kappa shape index (κ2) is 5.28. The largest absolute Gasteiger partial charge is 0.441 e. The summed E-state index contributed by atoms with van der Waals surface area (Å²) in [7, 11) is 0. The van der Waals surface area contributed by atoms with Crippen molar-refractivity contribution < 1.29 is 13.2 Å². The fourth-order valence-electron chi connectivity index (χ4n) is 1.67. The van der Waals surface area contributed by atoms with Crippen molar-refractivity contribution in [1.29, 1.82) is 5.26 Å². The molecule has 0 unspecified atom stereocenters. The van der Waals surface area contributed by atoms with Gasteiger partial charge in [0.15, 0.2) is 0 Å². The Morgan fingerprint density at radius 1 is 1.38 bits per heavy atom. The Kier molecular flexibility index (Phi) is 4.51. The van der Waals surface area contributed by atoms with E-state index in [1.807, 2.05) is 11.8 Å². The minimum atomic E-state index is -4.13. The standard InChI is InChI=1S/C10H15F3N2S/c1-9(8-14)2-4-15(5-3-9)6-7-16-10(11,12)13/h2-7H2,1H3. The van der Waals surface area contributed by atoms with Crippen LogP contribution in [0.2, 0.25) is 0 Å². The molecule has 1 aliphatic heterocycles. The SMILES string of the molecule is CC1(C#N)CCN(CCSC(F)(F)F)CC1. The van der Waals surface area contributed by atoms with Crippen molar-refractivity contribution in [3.8, 4) is 6.07 Å². The molecule has 0 N–H and O–H groups in total. The van der Waals surface area contributed by atoms with Crippen LogP contribution in [0.25, 0.3) is 0 Å². The maximum absolute atomic E-state index is 11.9. The molecule has 0 aromatic heterocycles. The quantitative estimate of drug-likeness (QED) is 0.772. The first-order valence-corrected chi connectivity index (χ1v) is 6.17. The van der Waals surface area contributed by atoms with Crippen LogP contribution in [0, 0.1) is 16.7 Å². The number of thioether (sulfide) groups is 1. The summed E-state index contributed by atoms with van der Waals surface area (Å²) in [6, 6.07) is 2.27. The van der Waals surface area contributed by atoms with Gasteiger partial charge < -0.3 is 4.90 Å². The molecule has 0 amide bonds. The fourth-order valence-corrected chi connectivity index (χ4v) is 2.25.